The molecular weight excluding hydrogens is 269 g/mol. The van der Waals surface area contributed by atoms with E-state index < -0.39 is 0 Å². The second-order valence-corrected chi connectivity index (χ2v) is 3.56. The number of hydrogen-bond acceptors (Lipinski definition) is 4. The number of halogens is 2. The fourth-order valence-corrected chi connectivity index (χ4v) is 2.07. The van der Waals surface area contributed by atoms with Crippen molar-refractivity contribution in [1.82, 2.24) is 0 Å². The van der Waals surface area contributed by atoms with Gasteiger partial charge in [0.15, 0.2) is 22.8 Å². The normalized spacial score (nSPS) is 9.24. The highest BCUT2D eigenvalue weighted by molar-refractivity contribution is 6.39. The van der Waals surface area contributed by atoms with Crippen LogP contribution in [0.5, 0.6) is 17.2 Å². The highest BCUT2D eigenvalue weighted by Gasteiger charge is 2.26. The smallest absolute Gasteiger partial charge is 0.344 e. The fourth-order valence-electron chi connectivity index (χ4n) is 1.33. The van der Waals surface area contributed by atoms with E-state index >= 15 is 0 Å². The Bertz CT molecular complexity index is 462. The van der Waals surface area contributed by atoms with Gasteiger partial charge >= 0.3 is 6.07 Å². The summed E-state index contributed by atoms with van der Waals surface area (Å²) in [5.41, 5.74) is 0.140. The van der Waals surface area contributed by atoms with Crippen LogP contribution in [0.4, 0.5) is 0 Å². The Kier molecular flexibility index (Phi) is 4.55. The summed E-state index contributed by atoms with van der Waals surface area (Å²) in [7, 11) is 4.16. The predicted octanol–water partition coefficient (Wildman–Crippen LogP) is 3.20. The summed E-state index contributed by atoms with van der Waals surface area (Å²) in [5.74, 6) is 0.507. The number of nitrogens with zero attached hydrogens (tertiary/aromatic N) is 1. The average molecular weight is 278 g/mol. The summed E-state index contributed by atoms with van der Waals surface area (Å²) >= 11 is 12.0. The van der Waals surface area contributed by atoms with Crippen LogP contribution >= 0.6 is 23.2 Å². The molecule has 0 radical (unpaired) electrons. The van der Waals surface area contributed by atoms with Crippen LogP contribution in [0.25, 0.3) is 5.01 Å². The van der Waals surface area contributed by atoms with E-state index in [4.69, 9.17) is 37.4 Å². The van der Waals surface area contributed by atoms with Crippen molar-refractivity contribution in [2.75, 3.05) is 21.3 Å². The zero-order chi connectivity index (χ0) is 13.0. The molecule has 17 heavy (non-hydrogen) atoms. The third kappa shape index (κ3) is 2.28. The molecule has 0 spiro atoms. The Hall–Kier alpha value is -1.51. The van der Waals surface area contributed by atoms with E-state index in [0.717, 1.165) is 0 Å². The van der Waals surface area contributed by atoms with Crippen LogP contribution in [0.15, 0.2) is 0 Å². The largest absolute Gasteiger partial charge is 0.498 e. The first-order chi connectivity index (χ1) is 8.12. The van der Waals surface area contributed by atoms with Gasteiger partial charge in [-0.05, 0) is 0 Å². The van der Waals surface area contributed by atoms with Gasteiger partial charge in [0, 0.05) is 5.01 Å². The molecule has 92 valence electrons. The van der Waals surface area contributed by atoms with Crippen molar-refractivity contribution in [3.8, 4) is 23.3 Å². The standard InChI is InChI=1S/C10H9Cl2NO4/c1-15-8-5(4-13-14)9(16-2)7(12)10(17-3)6(8)11/h1-3H3. The quantitative estimate of drug-likeness (QED) is 0.797. The second kappa shape index (κ2) is 5.71. The van der Waals surface area contributed by atoms with Crippen LogP contribution < -0.4 is 14.2 Å². The molecule has 1 rings (SSSR count). The van der Waals surface area contributed by atoms with E-state index in [2.05, 4.69) is 11.1 Å². The van der Waals surface area contributed by atoms with E-state index in [0.29, 0.717) is 0 Å². The molecule has 0 unspecified atom stereocenters. The van der Waals surface area contributed by atoms with Crippen molar-refractivity contribution in [3.63, 3.8) is 0 Å². The number of ether oxygens (including phenoxy) is 3. The van der Waals surface area contributed by atoms with Crippen LogP contribution in [-0.4, -0.2) is 21.3 Å². The molecule has 0 saturated carbocycles. The lowest BCUT2D eigenvalue weighted by Gasteiger charge is -2.14. The molecule has 0 saturated heterocycles. The first-order valence-corrected chi connectivity index (χ1v) is 5.13. The molecule has 1 aromatic rings. The van der Waals surface area contributed by atoms with Gasteiger partial charge in [-0.15, -0.1) is 0 Å². The minimum atomic E-state index is 0.118. The van der Waals surface area contributed by atoms with Crippen molar-refractivity contribution in [3.05, 3.63) is 25.8 Å². The molecule has 0 aliphatic rings. The molecule has 1 aromatic carbocycles. The minimum absolute atomic E-state index is 0.118. The van der Waals surface area contributed by atoms with Crippen LogP contribution in [0.2, 0.25) is 10.0 Å². The van der Waals surface area contributed by atoms with Gasteiger partial charge < -0.3 is 19.4 Å². The maximum atomic E-state index is 10.3. The van der Waals surface area contributed by atoms with Crippen LogP contribution in [0.3, 0.4) is 0 Å². The van der Waals surface area contributed by atoms with E-state index in [1.54, 1.807) is 0 Å². The van der Waals surface area contributed by atoms with Gasteiger partial charge in [-0.25, -0.2) is 0 Å². The number of benzene rings is 1. The van der Waals surface area contributed by atoms with E-state index in [1.807, 2.05) is 0 Å². The number of methoxy groups -OCH3 is 3. The zero-order valence-electron chi connectivity index (χ0n) is 9.34. The molecular formula is C10H9Cl2NO4. The summed E-state index contributed by atoms with van der Waals surface area (Å²) in [6, 6.07) is 2.17. The lowest BCUT2D eigenvalue weighted by Crippen LogP contribution is -1.98. The van der Waals surface area contributed by atoms with Crippen molar-refractivity contribution >= 4 is 23.2 Å². The SMILES string of the molecule is COc1c(Cl)c(OC)c(C#[N+][O-])c(OC)c1Cl. The third-order valence-corrected chi connectivity index (χ3v) is 2.71. The van der Waals surface area contributed by atoms with Crippen LogP contribution in [0, 0.1) is 11.3 Å². The Morgan fingerprint density at radius 2 is 1.35 bits per heavy atom. The van der Waals surface area contributed by atoms with Gasteiger partial charge in [-0.2, -0.15) is 0 Å². The average Bonchev–Trinajstić information content (AvgIpc) is 2.31. The maximum absolute atomic E-state index is 10.3. The van der Waals surface area contributed by atoms with E-state index in [-0.39, 0.29) is 32.9 Å². The third-order valence-electron chi connectivity index (χ3n) is 2.02. The second-order valence-electron chi connectivity index (χ2n) is 2.81. The van der Waals surface area contributed by atoms with Crippen molar-refractivity contribution in [1.29, 1.82) is 0 Å². The molecule has 0 bridgehead atoms. The first-order valence-electron chi connectivity index (χ1n) is 4.37. The molecule has 0 aromatic heterocycles. The molecule has 0 N–H and O–H groups in total. The highest BCUT2D eigenvalue weighted by atomic mass is 35.5. The molecule has 0 heterocycles. The van der Waals surface area contributed by atoms with Crippen molar-refractivity contribution in [2.24, 2.45) is 0 Å². The molecule has 0 aliphatic heterocycles. The monoisotopic (exact) mass is 277 g/mol. The molecule has 0 atom stereocenters. The molecule has 0 fully saturated rings. The van der Waals surface area contributed by atoms with Crippen LogP contribution in [-0.2, 0) is 0 Å². The van der Waals surface area contributed by atoms with Gasteiger partial charge in [0.05, 0.1) is 21.3 Å². The zero-order valence-corrected chi connectivity index (χ0v) is 10.8. The molecule has 0 amide bonds. The lowest BCUT2D eigenvalue weighted by molar-refractivity contribution is 0.374. The summed E-state index contributed by atoms with van der Waals surface area (Å²) in [6.07, 6.45) is 0. The van der Waals surface area contributed by atoms with E-state index in [9.17, 15) is 5.21 Å². The molecule has 0 aliphatic carbocycles. The summed E-state index contributed by atoms with van der Waals surface area (Å²) < 4.78 is 15.1. The minimum Gasteiger partial charge on any atom is -0.498 e. The predicted molar refractivity (Wildman–Crippen MR) is 65.8 cm³/mol. The summed E-state index contributed by atoms with van der Waals surface area (Å²) in [6.45, 7) is 0. The van der Waals surface area contributed by atoms with E-state index in [1.165, 1.54) is 21.3 Å². The van der Waals surface area contributed by atoms with Crippen LogP contribution in [0.1, 0.15) is 5.56 Å². The topological polar surface area (TPSA) is 55.1 Å². The molecule has 5 nitrogen and oxygen atoms in total. The Morgan fingerprint density at radius 1 is 0.941 bits per heavy atom. The number of hydrogen-bond donors (Lipinski definition) is 0. The Morgan fingerprint density at radius 3 is 1.65 bits per heavy atom. The van der Waals surface area contributed by atoms with Gasteiger partial charge in [0.2, 0.25) is 0 Å². The van der Waals surface area contributed by atoms with Gasteiger partial charge in [0.1, 0.15) is 10.0 Å². The van der Waals surface area contributed by atoms with Gasteiger partial charge in [-0.1, -0.05) is 23.2 Å². The Labute approximate surface area is 108 Å². The summed E-state index contributed by atoms with van der Waals surface area (Å²) in [4.78, 5) is 0. The van der Waals surface area contributed by atoms with Gasteiger partial charge in [-0.3, -0.25) is 0 Å². The number of rotatable bonds is 3. The highest BCUT2D eigenvalue weighted by Crippen LogP contribution is 2.48. The van der Waals surface area contributed by atoms with Gasteiger partial charge in [0.25, 0.3) is 0 Å². The lowest BCUT2D eigenvalue weighted by atomic mass is 10.1. The van der Waals surface area contributed by atoms with Crippen molar-refractivity contribution < 1.29 is 14.2 Å². The molecule has 7 heteroatoms. The Balaban J connectivity index is 3.72. The first kappa shape index (κ1) is 13.6. The van der Waals surface area contributed by atoms with Crippen molar-refractivity contribution in [2.45, 2.75) is 0 Å². The maximum Gasteiger partial charge on any atom is 0.344 e. The summed E-state index contributed by atoms with van der Waals surface area (Å²) in [5, 5.41) is 13.1. The fraction of sp³-hybridized carbons (Fsp3) is 0.300.